The zero-order valence-corrected chi connectivity index (χ0v) is 13.9. The van der Waals surface area contributed by atoms with Gasteiger partial charge in [0.1, 0.15) is 4.88 Å². The fraction of sp³-hybridized carbons (Fsp3) is 0.733. The summed E-state index contributed by atoms with van der Waals surface area (Å²) in [7, 11) is 2.05. The number of carboxylic acids is 1. The number of hydrogen-bond donors (Lipinski definition) is 1. The van der Waals surface area contributed by atoms with Crippen molar-refractivity contribution in [3.8, 4) is 0 Å². The molecule has 0 radical (unpaired) electrons. The molecule has 2 rings (SSSR count). The van der Waals surface area contributed by atoms with E-state index >= 15 is 0 Å². The van der Waals surface area contributed by atoms with Crippen LogP contribution >= 0.6 is 11.3 Å². The lowest BCUT2D eigenvalue weighted by Crippen LogP contribution is -2.43. The maximum atomic E-state index is 11.3. The van der Waals surface area contributed by atoms with Gasteiger partial charge < -0.3 is 14.9 Å². The molecule has 5 nitrogen and oxygen atoms in total. The van der Waals surface area contributed by atoms with Crippen molar-refractivity contribution in [3.05, 3.63) is 10.6 Å². The summed E-state index contributed by atoms with van der Waals surface area (Å²) in [5.74, 6) is -0.851. The van der Waals surface area contributed by atoms with E-state index < -0.39 is 5.97 Å². The molecule has 0 spiro atoms. The molecule has 0 atom stereocenters. The standard InChI is InChI=1S/C15H25N3O2S/c1-4-6-12-13(14(19)20)21-15(16-12)17(3)11-7-9-18(5-2)10-8-11/h11H,4-10H2,1-3H3,(H,19,20). The van der Waals surface area contributed by atoms with E-state index in [2.05, 4.69) is 28.6 Å². The first-order valence-corrected chi connectivity index (χ1v) is 8.56. The molecule has 1 N–H and O–H groups in total. The van der Waals surface area contributed by atoms with Gasteiger partial charge in [0.25, 0.3) is 0 Å². The number of rotatable bonds is 6. The van der Waals surface area contributed by atoms with E-state index in [9.17, 15) is 9.90 Å². The third kappa shape index (κ3) is 3.74. The molecule has 1 fully saturated rings. The number of hydrogen-bond acceptors (Lipinski definition) is 5. The van der Waals surface area contributed by atoms with E-state index in [1.807, 2.05) is 7.05 Å². The van der Waals surface area contributed by atoms with Crippen LogP contribution in [0, 0.1) is 0 Å². The number of aromatic nitrogens is 1. The third-order valence-electron chi connectivity index (χ3n) is 4.22. The Labute approximate surface area is 130 Å². The maximum Gasteiger partial charge on any atom is 0.347 e. The van der Waals surface area contributed by atoms with Crippen molar-refractivity contribution in [1.82, 2.24) is 9.88 Å². The van der Waals surface area contributed by atoms with Crippen molar-refractivity contribution in [2.75, 3.05) is 31.6 Å². The Kier molecular flexibility index (Phi) is 5.58. The van der Waals surface area contributed by atoms with Gasteiger partial charge >= 0.3 is 5.97 Å². The first-order valence-electron chi connectivity index (χ1n) is 7.75. The number of aryl methyl sites for hydroxylation is 1. The summed E-state index contributed by atoms with van der Waals surface area (Å²) in [5.41, 5.74) is 0.739. The predicted octanol–water partition coefficient (Wildman–Crippen LogP) is 2.71. The number of likely N-dealkylation sites (tertiary alicyclic amines) is 1. The van der Waals surface area contributed by atoms with Crippen molar-refractivity contribution < 1.29 is 9.90 Å². The average molecular weight is 311 g/mol. The fourth-order valence-electron chi connectivity index (χ4n) is 2.84. The van der Waals surface area contributed by atoms with Gasteiger partial charge in [-0.15, -0.1) is 0 Å². The van der Waals surface area contributed by atoms with Crippen molar-refractivity contribution in [1.29, 1.82) is 0 Å². The lowest BCUT2D eigenvalue weighted by Gasteiger charge is -2.36. The molecule has 6 heteroatoms. The van der Waals surface area contributed by atoms with E-state index in [-0.39, 0.29) is 0 Å². The topological polar surface area (TPSA) is 56.7 Å². The summed E-state index contributed by atoms with van der Waals surface area (Å²) < 4.78 is 0. The highest BCUT2D eigenvalue weighted by Crippen LogP contribution is 2.30. The fourth-order valence-corrected chi connectivity index (χ4v) is 3.83. The summed E-state index contributed by atoms with van der Waals surface area (Å²) in [6.07, 6.45) is 3.90. The van der Waals surface area contributed by atoms with Gasteiger partial charge in [-0.2, -0.15) is 0 Å². The second kappa shape index (κ2) is 7.22. The second-order valence-corrected chi connectivity index (χ2v) is 6.58. The van der Waals surface area contributed by atoms with Crippen LogP contribution in [0.15, 0.2) is 0 Å². The van der Waals surface area contributed by atoms with E-state index in [1.54, 1.807) is 0 Å². The Balaban J connectivity index is 2.10. The van der Waals surface area contributed by atoms with Crippen LogP contribution in [0.2, 0.25) is 0 Å². The maximum absolute atomic E-state index is 11.3. The van der Waals surface area contributed by atoms with Crippen LogP contribution in [0.1, 0.15) is 48.5 Å². The largest absolute Gasteiger partial charge is 0.477 e. The van der Waals surface area contributed by atoms with Crippen LogP contribution in [-0.2, 0) is 6.42 Å². The number of carboxylic acid groups (broad SMARTS) is 1. The molecule has 1 aliphatic heterocycles. The van der Waals surface area contributed by atoms with Crippen LogP contribution in [0.3, 0.4) is 0 Å². The molecule has 0 bridgehead atoms. The molecule has 21 heavy (non-hydrogen) atoms. The number of thiazole rings is 1. The van der Waals surface area contributed by atoms with Crippen LogP contribution in [-0.4, -0.2) is 53.7 Å². The van der Waals surface area contributed by atoms with Crippen LogP contribution in [0.5, 0.6) is 0 Å². The Morgan fingerprint density at radius 2 is 2.10 bits per heavy atom. The van der Waals surface area contributed by atoms with Crippen molar-refractivity contribution in [2.24, 2.45) is 0 Å². The van der Waals surface area contributed by atoms with Gasteiger partial charge in [-0.05, 0) is 25.8 Å². The molecule has 1 aliphatic rings. The summed E-state index contributed by atoms with van der Waals surface area (Å²) in [5, 5.41) is 10.2. The molecule has 0 unspecified atom stereocenters. The molecule has 1 aromatic rings. The molecule has 0 saturated carbocycles. The second-order valence-electron chi connectivity index (χ2n) is 5.60. The van der Waals surface area contributed by atoms with Gasteiger partial charge in [-0.25, -0.2) is 9.78 Å². The van der Waals surface area contributed by atoms with Gasteiger partial charge in [-0.3, -0.25) is 0 Å². The summed E-state index contributed by atoms with van der Waals surface area (Å²) in [6.45, 7) is 7.59. The Bertz CT molecular complexity index is 481. The Hall–Kier alpha value is -1.14. The summed E-state index contributed by atoms with van der Waals surface area (Å²) >= 11 is 1.32. The zero-order valence-electron chi connectivity index (χ0n) is 13.1. The van der Waals surface area contributed by atoms with Crippen molar-refractivity contribution in [2.45, 2.75) is 45.6 Å². The molecular formula is C15H25N3O2S. The van der Waals surface area contributed by atoms with Gasteiger partial charge in [0.15, 0.2) is 5.13 Å². The average Bonchev–Trinajstić information content (AvgIpc) is 2.91. The number of carbonyl (C=O) groups is 1. The predicted molar refractivity (Wildman–Crippen MR) is 86.6 cm³/mol. The van der Waals surface area contributed by atoms with Gasteiger partial charge in [0, 0.05) is 26.2 Å². The molecule has 0 aromatic carbocycles. The first kappa shape index (κ1) is 16.2. The molecule has 0 aliphatic carbocycles. The van der Waals surface area contributed by atoms with Crippen LogP contribution in [0.25, 0.3) is 0 Å². The van der Waals surface area contributed by atoms with E-state index in [0.29, 0.717) is 10.9 Å². The summed E-state index contributed by atoms with van der Waals surface area (Å²) in [6, 6.07) is 0.468. The number of aromatic carboxylic acids is 1. The van der Waals surface area contributed by atoms with E-state index in [1.165, 1.54) is 11.3 Å². The third-order valence-corrected chi connectivity index (χ3v) is 5.40. The smallest absolute Gasteiger partial charge is 0.347 e. The molecule has 1 aromatic heterocycles. The van der Waals surface area contributed by atoms with E-state index in [4.69, 9.17) is 0 Å². The highest BCUT2D eigenvalue weighted by atomic mass is 32.1. The van der Waals surface area contributed by atoms with E-state index in [0.717, 1.165) is 56.1 Å². The molecular weight excluding hydrogens is 286 g/mol. The minimum atomic E-state index is -0.851. The van der Waals surface area contributed by atoms with Gasteiger partial charge in [0.2, 0.25) is 0 Å². The van der Waals surface area contributed by atoms with Crippen molar-refractivity contribution in [3.63, 3.8) is 0 Å². The Morgan fingerprint density at radius 3 is 2.62 bits per heavy atom. The normalized spacial score (nSPS) is 17.1. The zero-order chi connectivity index (χ0) is 15.4. The SMILES string of the molecule is CCCc1nc(N(C)C2CCN(CC)CC2)sc1C(=O)O. The monoisotopic (exact) mass is 311 g/mol. The lowest BCUT2D eigenvalue weighted by molar-refractivity contribution is 0.0700. The lowest BCUT2D eigenvalue weighted by atomic mass is 10.0. The number of piperidine rings is 1. The highest BCUT2D eigenvalue weighted by molar-refractivity contribution is 7.17. The Morgan fingerprint density at radius 1 is 1.43 bits per heavy atom. The van der Waals surface area contributed by atoms with Gasteiger partial charge in [-0.1, -0.05) is 31.6 Å². The minimum absolute atomic E-state index is 0.407. The summed E-state index contributed by atoms with van der Waals surface area (Å²) in [4.78, 5) is 21.0. The molecule has 2 heterocycles. The first-order chi connectivity index (χ1) is 10.1. The van der Waals surface area contributed by atoms with Crippen LogP contribution in [0.4, 0.5) is 5.13 Å². The number of nitrogens with zero attached hydrogens (tertiary/aromatic N) is 3. The van der Waals surface area contributed by atoms with Crippen molar-refractivity contribution >= 4 is 22.4 Å². The quantitative estimate of drug-likeness (QED) is 0.875. The molecule has 0 amide bonds. The van der Waals surface area contributed by atoms with Crippen LogP contribution < -0.4 is 4.90 Å². The number of anilines is 1. The highest BCUT2D eigenvalue weighted by Gasteiger charge is 2.25. The molecule has 1 saturated heterocycles. The van der Waals surface area contributed by atoms with Gasteiger partial charge in [0.05, 0.1) is 5.69 Å². The molecule has 118 valence electrons. The minimum Gasteiger partial charge on any atom is -0.477 e.